The molecule has 2 atom stereocenters. The van der Waals surface area contributed by atoms with Gasteiger partial charge in [0.1, 0.15) is 23.9 Å². The maximum atomic E-state index is 11.3. The van der Waals surface area contributed by atoms with E-state index in [0.29, 0.717) is 11.3 Å². The van der Waals surface area contributed by atoms with E-state index in [9.17, 15) is 5.11 Å². The van der Waals surface area contributed by atoms with Crippen LogP contribution in [0.4, 0.5) is 0 Å². The Morgan fingerprint density at radius 1 is 1.13 bits per heavy atom. The quantitative estimate of drug-likeness (QED) is 0.868. The van der Waals surface area contributed by atoms with Crippen LogP contribution in [-0.2, 0) is 5.60 Å². The Hall–Kier alpha value is -2.60. The van der Waals surface area contributed by atoms with Crippen LogP contribution in [0.1, 0.15) is 21.3 Å². The summed E-state index contributed by atoms with van der Waals surface area (Å²) in [6, 6.07) is 3.14. The van der Waals surface area contributed by atoms with E-state index >= 15 is 0 Å². The second-order valence-corrected chi connectivity index (χ2v) is 5.54. The molecule has 0 amide bonds. The Bertz CT molecular complexity index is 962. The highest BCUT2D eigenvalue weighted by Crippen LogP contribution is 2.56. The first-order valence-electron chi connectivity index (χ1n) is 8.60. The van der Waals surface area contributed by atoms with Crippen molar-refractivity contribution in [1.29, 1.82) is 0 Å². The van der Waals surface area contributed by atoms with Crippen LogP contribution >= 0.6 is 0 Å². The molecule has 1 N–H and O–H groups in total. The molecule has 0 saturated carbocycles. The van der Waals surface area contributed by atoms with Crippen molar-refractivity contribution in [3.8, 4) is 28.7 Å². The second-order valence-electron chi connectivity index (χ2n) is 5.54. The highest BCUT2D eigenvalue weighted by molar-refractivity contribution is 5.58. The molecule has 118 valence electrons. The number of hydrogen-bond acceptors (Lipinski definition) is 6. The first-order chi connectivity index (χ1) is 12.5. The van der Waals surface area contributed by atoms with Gasteiger partial charge in [-0.25, -0.2) is 0 Å². The van der Waals surface area contributed by atoms with E-state index in [1.54, 1.807) is 12.1 Å². The summed E-state index contributed by atoms with van der Waals surface area (Å²) in [5.41, 5.74) is -1.07. The lowest BCUT2D eigenvalue weighted by molar-refractivity contribution is -0.0865. The van der Waals surface area contributed by atoms with Crippen molar-refractivity contribution in [2.75, 3.05) is 20.5 Å². The average molecular weight is 320 g/mol. The van der Waals surface area contributed by atoms with Crippen LogP contribution in [0.15, 0.2) is 30.3 Å². The Balaban J connectivity index is 1.72. The van der Waals surface area contributed by atoms with E-state index in [2.05, 4.69) is 0 Å². The minimum atomic E-state index is -1.67. The normalized spacial score (nSPS) is 27.6. The molecule has 6 heteroatoms. The third kappa shape index (κ3) is 1.61. The highest BCUT2D eigenvalue weighted by Gasteiger charge is 2.53. The SMILES string of the molecule is [3H]c1c(OC)ccc2c1OC[C@]1(O)c3c([3H])c4c(c([3H])c3O[C@H]21)OCO4. The zero-order valence-electron chi connectivity index (χ0n) is 15.1. The van der Waals surface area contributed by atoms with Crippen molar-refractivity contribution in [2.45, 2.75) is 11.7 Å². The molecule has 0 spiro atoms. The summed E-state index contributed by atoms with van der Waals surface area (Å²) in [4.78, 5) is 0. The van der Waals surface area contributed by atoms with E-state index < -0.39 is 11.7 Å². The number of hydrogen-bond donors (Lipinski definition) is 1. The predicted molar refractivity (Wildman–Crippen MR) is 78.3 cm³/mol. The molecule has 0 unspecified atom stereocenters. The number of methoxy groups -OCH3 is 1. The van der Waals surface area contributed by atoms with E-state index in [0.717, 1.165) is 0 Å². The van der Waals surface area contributed by atoms with Crippen LogP contribution in [0.3, 0.4) is 0 Å². The molecule has 2 aromatic rings. The molecule has 3 heterocycles. The molecule has 3 aliphatic heterocycles. The summed E-state index contributed by atoms with van der Waals surface area (Å²) in [6.07, 6.45) is -0.910. The molecule has 6 nitrogen and oxygen atoms in total. The van der Waals surface area contributed by atoms with Crippen LogP contribution < -0.4 is 23.7 Å². The zero-order chi connectivity index (χ0) is 18.2. The summed E-state index contributed by atoms with van der Waals surface area (Å²) in [5, 5.41) is 11.3. The third-order valence-corrected chi connectivity index (χ3v) is 4.26. The van der Waals surface area contributed by atoms with E-state index in [-0.39, 0.29) is 60.1 Å². The van der Waals surface area contributed by atoms with Crippen LogP contribution in [0.2, 0.25) is 0 Å². The molecule has 2 aromatic carbocycles. The highest BCUT2D eigenvalue weighted by atomic mass is 16.7. The molecule has 0 bridgehead atoms. The van der Waals surface area contributed by atoms with Gasteiger partial charge in [0, 0.05) is 23.2 Å². The summed E-state index contributed by atoms with van der Waals surface area (Å²) in [7, 11) is 1.46. The van der Waals surface area contributed by atoms with E-state index in [4.69, 9.17) is 27.8 Å². The maximum Gasteiger partial charge on any atom is 0.231 e. The minimum absolute atomic E-state index is 0.0537. The molecule has 0 fully saturated rings. The van der Waals surface area contributed by atoms with Gasteiger partial charge < -0.3 is 28.8 Å². The number of benzene rings is 2. The summed E-state index contributed by atoms with van der Waals surface area (Å²) in [6.45, 7) is -0.305. The molecule has 0 aliphatic carbocycles. The fourth-order valence-corrected chi connectivity index (χ4v) is 3.10. The van der Waals surface area contributed by atoms with Crippen LogP contribution in [-0.4, -0.2) is 25.6 Å². The van der Waals surface area contributed by atoms with Crippen molar-refractivity contribution in [2.24, 2.45) is 0 Å². The first kappa shape index (κ1) is 10.2. The zero-order valence-corrected chi connectivity index (χ0v) is 12.1. The fourth-order valence-electron chi connectivity index (χ4n) is 3.10. The third-order valence-electron chi connectivity index (χ3n) is 4.26. The van der Waals surface area contributed by atoms with Gasteiger partial charge in [0.05, 0.1) is 11.2 Å². The average Bonchev–Trinajstić information content (AvgIpc) is 3.23. The number of rotatable bonds is 1. The molecule has 23 heavy (non-hydrogen) atoms. The van der Waals surface area contributed by atoms with Gasteiger partial charge in [-0.1, -0.05) is 0 Å². The molecule has 0 saturated heterocycles. The largest absolute Gasteiger partial charge is 0.497 e. The van der Waals surface area contributed by atoms with Crippen molar-refractivity contribution in [3.05, 3.63) is 41.4 Å². The first-order valence-corrected chi connectivity index (χ1v) is 7.10. The number of ether oxygens (including phenoxy) is 5. The molecule has 5 rings (SSSR count). The minimum Gasteiger partial charge on any atom is -0.497 e. The molecule has 0 aromatic heterocycles. The monoisotopic (exact) mass is 320 g/mol. The van der Waals surface area contributed by atoms with Gasteiger partial charge in [-0.2, -0.15) is 0 Å². The van der Waals surface area contributed by atoms with E-state index in [1.165, 1.54) is 7.11 Å². The molecule has 3 aliphatic rings. The standard InChI is InChI=1S/C17H14O6/c1-19-9-2-3-10-12(4-9)20-7-17(18)11-5-14-15(22-8-21-14)6-13(11)23-16(10)17/h2-6,16,18H,7-8H2,1H3/t16-,17+/m1/s1/i4T,5T,6T. The predicted octanol–water partition coefficient (Wildman–Crippen LogP) is 2.14. The van der Waals surface area contributed by atoms with Gasteiger partial charge in [-0.15, -0.1) is 0 Å². The molecule has 0 radical (unpaired) electrons. The van der Waals surface area contributed by atoms with Gasteiger partial charge in [-0.05, 0) is 18.2 Å². The lowest BCUT2D eigenvalue weighted by Crippen LogP contribution is -2.41. The van der Waals surface area contributed by atoms with Crippen LogP contribution in [0.5, 0.6) is 28.7 Å². The molecular weight excluding hydrogens is 300 g/mol. The number of aliphatic hydroxyl groups is 1. The van der Waals surface area contributed by atoms with Crippen molar-refractivity contribution >= 4 is 0 Å². The topological polar surface area (TPSA) is 66.4 Å². The van der Waals surface area contributed by atoms with Gasteiger partial charge >= 0.3 is 0 Å². The van der Waals surface area contributed by atoms with Crippen molar-refractivity contribution in [3.63, 3.8) is 0 Å². The van der Waals surface area contributed by atoms with Crippen molar-refractivity contribution in [1.82, 2.24) is 0 Å². The maximum absolute atomic E-state index is 11.3. The lowest BCUT2D eigenvalue weighted by Gasteiger charge is -2.34. The van der Waals surface area contributed by atoms with Crippen LogP contribution in [0, 0.1) is 0 Å². The Labute approximate surface area is 136 Å². The van der Waals surface area contributed by atoms with Gasteiger partial charge in [-0.3, -0.25) is 0 Å². The Morgan fingerprint density at radius 3 is 2.78 bits per heavy atom. The summed E-state index contributed by atoms with van der Waals surface area (Å²) in [5.74, 6) is 0.921. The Morgan fingerprint density at radius 2 is 1.96 bits per heavy atom. The summed E-state index contributed by atoms with van der Waals surface area (Å²) >= 11 is 0. The lowest BCUT2D eigenvalue weighted by atomic mass is 9.85. The fraction of sp³-hybridized carbons (Fsp3) is 0.294. The van der Waals surface area contributed by atoms with E-state index in [1.807, 2.05) is 0 Å². The van der Waals surface area contributed by atoms with Crippen LogP contribution in [0.25, 0.3) is 0 Å². The smallest absolute Gasteiger partial charge is 0.231 e. The Kier molecular flexibility index (Phi) is 1.88. The summed E-state index contributed by atoms with van der Waals surface area (Å²) < 4.78 is 52.2. The van der Waals surface area contributed by atoms with Gasteiger partial charge in [0.2, 0.25) is 6.79 Å². The van der Waals surface area contributed by atoms with Crippen molar-refractivity contribution < 1.29 is 32.9 Å². The molecular formula is C17H14O6. The van der Waals surface area contributed by atoms with Gasteiger partial charge in [0.25, 0.3) is 0 Å². The van der Waals surface area contributed by atoms with Gasteiger partial charge in [0.15, 0.2) is 23.2 Å². The number of fused-ring (bicyclic) bond motifs is 6. The second kappa shape index (κ2) is 4.23.